The lowest BCUT2D eigenvalue weighted by Gasteiger charge is -2.30. The Morgan fingerprint density at radius 1 is 1.36 bits per heavy atom. The first kappa shape index (κ1) is 16.6. The third-order valence-corrected chi connectivity index (χ3v) is 3.69. The number of aliphatic hydroxyl groups excluding tert-OH is 1. The van der Waals surface area contributed by atoms with Crippen molar-refractivity contribution in [3.63, 3.8) is 0 Å². The minimum absolute atomic E-state index is 0.0902. The molecule has 0 fully saturated rings. The number of alkyl halides is 1. The first-order valence-electron chi connectivity index (χ1n) is 6.35. The van der Waals surface area contributed by atoms with Gasteiger partial charge in [0, 0.05) is 14.0 Å². The molecule has 8 heteroatoms. The van der Waals surface area contributed by atoms with Crippen LogP contribution >= 0.6 is 23.2 Å². The Bertz CT molecular complexity index is 647. The number of Topliss-reactive ketones (excluding diaryl/α,β-unsaturated/α-hetero) is 1. The van der Waals surface area contributed by atoms with Crippen LogP contribution in [0.5, 0.6) is 0 Å². The predicted octanol–water partition coefficient (Wildman–Crippen LogP) is 2.47. The molecule has 1 aromatic rings. The summed E-state index contributed by atoms with van der Waals surface area (Å²) >= 11 is 11.7. The highest BCUT2D eigenvalue weighted by molar-refractivity contribution is 6.33. The molecule has 0 radical (unpaired) electrons. The summed E-state index contributed by atoms with van der Waals surface area (Å²) in [6.45, 7) is 1.21. The zero-order valence-electron chi connectivity index (χ0n) is 11.9. The molecule has 0 saturated heterocycles. The molecule has 1 N–H and O–H groups in total. The number of benzene rings is 1. The molecule has 118 valence electrons. The Balaban J connectivity index is 2.52. The molecule has 0 saturated carbocycles. The van der Waals surface area contributed by atoms with E-state index in [2.05, 4.69) is 0 Å². The molecule has 1 atom stereocenters. The Hall–Kier alpha value is -1.76. The van der Waals surface area contributed by atoms with E-state index in [0.29, 0.717) is 10.7 Å². The van der Waals surface area contributed by atoms with Crippen molar-refractivity contribution in [2.24, 2.45) is 0 Å². The van der Waals surface area contributed by atoms with Crippen molar-refractivity contribution in [2.75, 3.05) is 17.9 Å². The molecule has 0 bridgehead atoms. The summed E-state index contributed by atoms with van der Waals surface area (Å²) in [6, 6.07) is 6.76. The first-order valence-corrected chi connectivity index (χ1v) is 7.26. The number of likely N-dealkylation sites (N-methyl/N-ethyl adjacent to an activating group) is 1. The van der Waals surface area contributed by atoms with Crippen molar-refractivity contribution < 1.29 is 19.4 Å². The quantitative estimate of drug-likeness (QED) is 0.668. The van der Waals surface area contributed by atoms with Crippen LogP contribution in [0.3, 0.4) is 0 Å². The van der Waals surface area contributed by atoms with Crippen molar-refractivity contribution in [3.05, 3.63) is 40.7 Å². The fourth-order valence-corrected chi connectivity index (χ4v) is 2.56. The number of para-hydroxylation sites is 1. The van der Waals surface area contributed by atoms with Crippen LogP contribution in [0.4, 0.5) is 5.69 Å². The highest BCUT2D eigenvalue weighted by atomic mass is 35.5. The number of anilines is 1. The molecule has 0 aliphatic carbocycles. The average molecular weight is 345 g/mol. The van der Waals surface area contributed by atoms with Gasteiger partial charge in [0.1, 0.15) is 5.57 Å². The van der Waals surface area contributed by atoms with Crippen LogP contribution in [0.15, 0.2) is 35.7 Å². The van der Waals surface area contributed by atoms with Gasteiger partial charge in [-0.25, -0.2) is 5.01 Å². The lowest BCUT2D eigenvalue weighted by Crippen LogP contribution is -2.42. The van der Waals surface area contributed by atoms with Crippen molar-refractivity contribution in [2.45, 2.75) is 13.2 Å². The minimum atomic E-state index is -1.07. The second kappa shape index (κ2) is 6.56. The molecule has 0 amide bonds. The highest BCUT2D eigenvalue weighted by Gasteiger charge is 2.43. The molecule has 0 aromatic heterocycles. The van der Waals surface area contributed by atoms with Gasteiger partial charge >= 0.3 is 5.97 Å². The summed E-state index contributed by atoms with van der Waals surface area (Å²) in [4.78, 5) is 23.3. The van der Waals surface area contributed by atoms with Crippen LogP contribution in [-0.4, -0.2) is 41.0 Å². The molecule has 1 heterocycles. The number of hydrogen-bond donors (Lipinski definition) is 1. The fraction of sp³-hybridized carbons (Fsp3) is 0.286. The fourth-order valence-electron chi connectivity index (χ4n) is 2.20. The van der Waals surface area contributed by atoms with E-state index in [9.17, 15) is 14.7 Å². The second-order valence-electron chi connectivity index (χ2n) is 4.59. The van der Waals surface area contributed by atoms with Crippen LogP contribution in [0, 0.1) is 0 Å². The third-order valence-electron chi connectivity index (χ3n) is 3.12. The number of hydrogen-bond acceptors (Lipinski definition) is 6. The molecule has 1 unspecified atom stereocenters. The summed E-state index contributed by atoms with van der Waals surface area (Å²) < 4.78 is 5.13. The van der Waals surface area contributed by atoms with Crippen molar-refractivity contribution in [1.82, 2.24) is 5.01 Å². The molecule has 22 heavy (non-hydrogen) atoms. The predicted molar refractivity (Wildman–Crippen MR) is 82.6 cm³/mol. The maximum absolute atomic E-state index is 12.0. The third kappa shape index (κ3) is 2.90. The van der Waals surface area contributed by atoms with E-state index in [1.165, 1.54) is 16.9 Å². The number of halogens is 2. The molecular formula is C14H14Cl2N2O4. The van der Waals surface area contributed by atoms with E-state index in [-0.39, 0.29) is 17.3 Å². The zero-order valence-corrected chi connectivity index (χ0v) is 13.4. The van der Waals surface area contributed by atoms with Gasteiger partial charge < -0.3 is 9.84 Å². The Morgan fingerprint density at radius 2 is 2.00 bits per heavy atom. The molecule has 1 aliphatic rings. The van der Waals surface area contributed by atoms with Crippen LogP contribution in [0.1, 0.15) is 6.92 Å². The summed E-state index contributed by atoms with van der Waals surface area (Å²) in [5, 5.41) is 13.5. The standard InChI is InChI=1S/C14H14Cl2N2O4/c1-8(19)22-14-12(11(20)7-15)13(21)18(17(14)2)10-6-4-3-5-9(10)16/h3-6,14,21H,7H2,1-2H3. The lowest BCUT2D eigenvalue weighted by atomic mass is 10.1. The molecular weight excluding hydrogens is 331 g/mol. The van der Waals surface area contributed by atoms with Crippen LogP contribution < -0.4 is 5.01 Å². The zero-order chi connectivity index (χ0) is 16.4. The first-order chi connectivity index (χ1) is 10.4. The lowest BCUT2D eigenvalue weighted by molar-refractivity contribution is -0.151. The second-order valence-corrected chi connectivity index (χ2v) is 5.27. The molecule has 2 rings (SSSR count). The number of ketones is 1. The summed E-state index contributed by atoms with van der Waals surface area (Å²) in [6.07, 6.45) is -1.07. The summed E-state index contributed by atoms with van der Waals surface area (Å²) in [7, 11) is 1.56. The van der Waals surface area contributed by atoms with E-state index in [4.69, 9.17) is 27.9 Å². The number of rotatable bonds is 4. The van der Waals surface area contributed by atoms with Crippen LogP contribution in [-0.2, 0) is 14.3 Å². The van der Waals surface area contributed by atoms with E-state index in [0.717, 1.165) is 0 Å². The van der Waals surface area contributed by atoms with E-state index < -0.39 is 18.0 Å². The monoisotopic (exact) mass is 344 g/mol. The summed E-state index contributed by atoms with van der Waals surface area (Å²) in [5.41, 5.74) is 0.353. The van der Waals surface area contributed by atoms with Gasteiger partial charge in [0.2, 0.25) is 12.1 Å². The molecule has 0 spiro atoms. The molecule has 6 nitrogen and oxygen atoms in total. The highest BCUT2D eigenvalue weighted by Crippen LogP contribution is 2.36. The van der Waals surface area contributed by atoms with Crippen molar-refractivity contribution in [3.8, 4) is 0 Å². The maximum Gasteiger partial charge on any atom is 0.304 e. The minimum Gasteiger partial charge on any atom is -0.493 e. The number of nitrogens with zero attached hydrogens (tertiary/aromatic N) is 2. The molecule has 1 aromatic carbocycles. The van der Waals surface area contributed by atoms with Gasteiger partial charge in [-0.1, -0.05) is 23.7 Å². The largest absolute Gasteiger partial charge is 0.493 e. The van der Waals surface area contributed by atoms with Gasteiger partial charge in [0.15, 0.2) is 5.78 Å². The number of esters is 1. The topological polar surface area (TPSA) is 70.1 Å². The SMILES string of the molecule is CC(=O)OC1C(C(=O)CCl)=C(O)N(c2ccccc2Cl)N1C. The van der Waals surface area contributed by atoms with Crippen LogP contribution in [0.25, 0.3) is 0 Å². The Kier molecular flexibility index (Phi) is 4.95. The molecule has 1 aliphatic heterocycles. The van der Waals surface area contributed by atoms with Crippen molar-refractivity contribution in [1.29, 1.82) is 0 Å². The van der Waals surface area contributed by atoms with Gasteiger partial charge in [-0.15, -0.1) is 11.6 Å². The number of aliphatic hydroxyl groups is 1. The average Bonchev–Trinajstić information content (AvgIpc) is 2.70. The normalized spacial score (nSPS) is 18.7. The summed E-state index contributed by atoms with van der Waals surface area (Å²) in [5.74, 6) is -1.84. The number of carbonyl (C=O) groups is 2. The van der Waals surface area contributed by atoms with Gasteiger partial charge in [0.25, 0.3) is 0 Å². The number of ether oxygens (including phenoxy) is 1. The Labute approximate surface area is 137 Å². The van der Waals surface area contributed by atoms with E-state index in [1.54, 1.807) is 31.3 Å². The van der Waals surface area contributed by atoms with Gasteiger partial charge in [-0.05, 0) is 12.1 Å². The smallest absolute Gasteiger partial charge is 0.304 e. The number of hydrazine groups is 1. The van der Waals surface area contributed by atoms with Gasteiger partial charge in [0.05, 0.1) is 16.6 Å². The van der Waals surface area contributed by atoms with E-state index >= 15 is 0 Å². The van der Waals surface area contributed by atoms with Gasteiger partial charge in [-0.3, -0.25) is 9.59 Å². The van der Waals surface area contributed by atoms with Crippen LogP contribution in [0.2, 0.25) is 5.02 Å². The van der Waals surface area contributed by atoms with Gasteiger partial charge in [-0.2, -0.15) is 5.01 Å². The number of carbonyl (C=O) groups excluding carboxylic acids is 2. The Morgan fingerprint density at radius 3 is 2.55 bits per heavy atom. The van der Waals surface area contributed by atoms with Crippen molar-refractivity contribution >= 4 is 40.6 Å². The van der Waals surface area contributed by atoms with E-state index in [1.807, 2.05) is 0 Å². The maximum atomic E-state index is 12.0.